The van der Waals surface area contributed by atoms with Gasteiger partial charge < -0.3 is 4.74 Å². The number of hydrogen-bond donors (Lipinski definition) is 0. The van der Waals surface area contributed by atoms with Crippen LogP contribution in [0.5, 0.6) is 0 Å². The molecule has 1 unspecified atom stereocenters. The summed E-state index contributed by atoms with van der Waals surface area (Å²) in [4.78, 5) is 28.4. The third kappa shape index (κ3) is 2.76. The van der Waals surface area contributed by atoms with Crippen LogP contribution in [0.15, 0.2) is 23.4 Å². The monoisotopic (exact) mass is 307 g/mol. The van der Waals surface area contributed by atoms with Crippen LogP contribution in [-0.2, 0) is 14.3 Å². The molecule has 3 rings (SSSR count). The van der Waals surface area contributed by atoms with Crippen molar-refractivity contribution in [2.24, 2.45) is 16.9 Å². The van der Waals surface area contributed by atoms with E-state index in [0.717, 1.165) is 18.6 Å². The van der Waals surface area contributed by atoms with Gasteiger partial charge in [0.05, 0.1) is 12.1 Å². The van der Waals surface area contributed by atoms with Crippen LogP contribution in [-0.4, -0.2) is 29.7 Å². The fourth-order valence-electron chi connectivity index (χ4n) is 2.31. The molecule has 0 N–H and O–H groups in total. The van der Waals surface area contributed by atoms with Crippen LogP contribution < -0.4 is 5.01 Å². The van der Waals surface area contributed by atoms with Crippen LogP contribution in [0.2, 0.25) is 5.02 Å². The lowest BCUT2D eigenvalue weighted by atomic mass is 9.97. The van der Waals surface area contributed by atoms with Crippen LogP contribution in [0, 0.1) is 11.8 Å². The second kappa shape index (κ2) is 5.44. The summed E-state index contributed by atoms with van der Waals surface area (Å²) in [5.41, 5.74) is 0.863. The molecule has 0 radical (unpaired) electrons. The third-order valence-electron chi connectivity index (χ3n) is 3.61. The largest absolute Gasteiger partial charge is 0.468 e. The lowest BCUT2D eigenvalue weighted by Crippen LogP contribution is -2.43. The lowest BCUT2D eigenvalue weighted by molar-refractivity contribution is -0.149. The molecule has 1 aromatic rings. The summed E-state index contributed by atoms with van der Waals surface area (Å²) in [7, 11) is 1.28. The summed E-state index contributed by atoms with van der Waals surface area (Å²) < 4.78 is 4.73. The van der Waals surface area contributed by atoms with E-state index in [1.165, 1.54) is 18.3 Å². The number of carbonyl (C=O) groups is 2. The van der Waals surface area contributed by atoms with Gasteiger partial charge >= 0.3 is 5.97 Å². The molecule has 110 valence electrons. The predicted octanol–water partition coefficient (Wildman–Crippen LogP) is 2.03. The van der Waals surface area contributed by atoms with E-state index < -0.39 is 17.8 Å². The molecule has 1 fully saturated rings. The molecule has 0 aromatic carbocycles. The van der Waals surface area contributed by atoms with Crippen molar-refractivity contribution >= 4 is 35.0 Å². The lowest BCUT2D eigenvalue weighted by Gasteiger charge is -2.27. The predicted molar refractivity (Wildman–Crippen MR) is 77.0 cm³/mol. The zero-order valence-electron chi connectivity index (χ0n) is 11.5. The van der Waals surface area contributed by atoms with Crippen LogP contribution >= 0.6 is 11.6 Å². The molecule has 2 heterocycles. The average molecular weight is 308 g/mol. The number of anilines is 1. The number of esters is 1. The molecule has 1 amide bonds. The summed E-state index contributed by atoms with van der Waals surface area (Å²) >= 11 is 5.80. The quantitative estimate of drug-likeness (QED) is 0.632. The minimum absolute atomic E-state index is 0.334. The molecule has 6 nitrogen and oxygen atoms in total. The van der Waals surface area contributed by atoms with Crippen LogP contribution in [0.25, 0.3) is 0 Å². The Hall–Kier alpha value is -1.95. The number of ether oxygens (including phenoxy) is 1. The molecule has 0 bridgehead atoms. The van der Waals surface area contributed by atoms with Gasteiger partial charge in [0.1, 0.15) is 5.92 Å². The fraction of sp³-hybridized carbons (Fsp3) is 0.429. The highest BCUT2D eigenvalue weighted by Crippen LogP contribution is 2.36. The number of pyridine rings is 1. The van der Waals surface area contributed by atoms with Gasteiger partial charge in [0.2, 0.25) is 0 Å². The molecule has 1 aliphatic heterocycles. The van der Waals surface area contributed by atoms with Crippen molar-refractivity contribution in [3.8, 4) is 0 Å². The zero-order valence-corrected chi connectivity index (χ0v) is 12.2. The van der Waals surface area contributed by atoms with Gasteiger partial charge in [-0.25, -0.2) is 4.98 Å². The Labute approximate surface area is 126 Å². The van der Waals surface area contributed by atoms with E-state index >= 15 is 0 Å². The number of nitrogens with zero attached hydrogens (tertiary/aromatic N) is 3. The maximum absolute atomic E-state index is 12.4. The Bertz CT molecular complexity index is 610. The molecule has 1 saturated carbocycles. The number of amides is 1. The van der Waals surface area contributed by atoms with E-state index in [-0.39, 0.29) is 0 Å². The molecule has 0 spiro atoms. The SMILES string of the molecule is COC(=O)C1CC(C2CC2)=NN(c2ccc(Cl)cn2)C1=O. The highest BCUT2D eigenvalue weighted by molar-refractivity contribution is 6.30. The van der Waals surface area contributed by atoms with Crippen molar-refractivity contribution in [2.45, 2.75) is 19.3 Å². The van der Waals surface area contributed by atoms with Crippen LogP contribution in [0.3, 0.4) is 0 Å². The Morgan fingerprint density at radius 3 is 2.76 bits per heavy atom. The minimum Gasteiger partial charge on any atom is -0.468 e. The highest BCUT2D eigenvalue weighted by Gasteiger charge is 2.42. The first kappa shape index (κ1) is 14.0. The molecule has 1 aromatic heterocycles. The second-order valence-electron chi connectivity index (χ2n) is 5.13. The summed E-state index contributed by atoms with van der Waals surface area (Å²) in [6, 6.07) is 3.24. The van der Waals surface area contributed by atoms with Crippen molar-refractivity contribution in [1.29, 1.82) is 0 Å². The molecular formula is C14H14ClN3O3. The number of methoxy groups -OCH3 is 1. The van der Waals surface area contributed by atoms with E-state index in [0.29, 0.717) is 23.2 Å². The minimum atomic E-state index is -0.847. The van der Waals surface area contributed by atoms with E-state index in [1.54, 1.807) is 12.1 Å². The molecular weight excluding hydrogens is 294 g/mol. The van der Waals surface area contributed by atoms with Crippen molar-refractivity contribution < 1.29 is 14.3 Å². The second-order valence-corrected chi connectivity index (χ2v) is 5.57. The smallest absolute Gasteiger partial charge is 0.318 e. The van der Waals surface area contributed by atoms with Gasteiger partial charge in [-0.15, -0.1) is 0 Å². The van der Waals surface area contributed by atoms with Gasteiger partial charge in [-0.05, 0) is 30.9 Å². The number of rotatable bonds is 3. The molecule has 0 saturated heterocycles. The fourth-order valence-corrected chi connectivity index (χ4v) is 2.42. The maximum Gasteiger partial charge on any atom is 0.318 e. The van der Waals surface area contributed by atoms with Gasteiger partial charge in [0.15, 0.2) is 5.82 Å². The van der Waals surface area contributed by atoms with E-state index in [1.807, 2.05) is 0 Å². The summed E-state index contributed by atoms with van der Waals surface area (Å²) in [6.07, 6.45) is 3.87. The summed E-state index contributed by atoms with van der Waals surface area (Å²) in [5, 5.41) is 6.04. The van der Waals surface area contributed by atoms with Crippen LogP contribution in [0.1, 0.15) is 19.3 Å². The van der Waals surface area contributed by atoms with Crippen molar-refractivity contribution in [3.05, 3.63) is 23.4 Å². The van der Waals surface area contributed by atoms with Crippen molar-refractivity contribution in [3.63, 3.8) is 0 Å². The Morgan fingerprint density at radius 1 is 1.43 bits per heavy atom. The molecule has 21 heavy (non-hydrogen) atoms. The standard InChI is InChI=1S/C14H14ClN3O3/c1-21-14(20)10-6-11(8-2-3-8)17-18(13(10)19)12-5-4-9(15)7-16-12/h4-5,7-8,10H,2-3,6H2,1H3. The molecule has 2 aliphatic rings. The normalized spacial score (nSPS) is 22.0. The van der Waals surface area contributed by atoms with Crippen molar-refractivity contribution in [1.82, 2.24) is 4.98 Å². The van der Waals surface area contributed by atoms with Crippen LogP contribution in [0.4, 0.5) is 5.82 Å². The van der Waals surface area contributed by atoms with E-state index in [4.69, 9.17) is 16.3 Å². The Balaban J connectivity index is 1.96. The first-order valence-electron chi connectivity index (χ1n) is 6.71. The summed E-state index contributed by atoms with van der Waals surface area (Å²) in [5.74, 6) is -1.08. The van der Waals surface area contributed by atoms with Crippen molar-refractivity contribution in [2.75, 3.05) is 12.1 Å². The average Bonchev–Trinajstić information content (AvgIpc) is 3.32. The van der Waals surface area contributed by atoms with Gasteiger partial charge in [-0.2, -0.15) is 10.1 Å². The van der Waals surface area contributed by atoms with E-state index in [2.05, 4.69) is 10.1 Å². The molecule has 1 aliphatic carbocycles. The van der Waals surface area contributed by atoms with E-state index in [9.17, 15) is 9.59 Å². The first-order chi connectivity index (χ1) is 10.1. The number of carbonyl (C=O) groups excluding carboxylic acids is 2. The first-order valence-corrected chi connectivity index (χ1v) is 7.08. The maximum atomic E-state index is 12.4. The highest BCUT2D eigenvalue weighted by atomic mass is 35.5. The number of hydrazone groups is 1. The van der Waals surface area contributed by atoms with Gasteiger partial charge in [0.25, 0.3) is 5.91 Å². The summed E-state index contributed by atoms with van der Waals surface area (Å²) in [6.45, 7) is 0. The topological polar surface area (TPSA) is 71.9 Å². The van der Waals surface area contributed by atoms with Gasteiger partial charge in [-0.1, -0.05) is 11.6 Å². The molecule has 1 atom stereocenters. The van der Waals surface area contributed by atoms with Gasteiger partial charge in [-0.3, -0.25) is 9.59 Å². The molecule has 7 heteroatoms. The number of aromatic nitrogens is 1. The Morgan fingerprint density at radius 2 is 2.19 bits per heavy atom. The third-order valence-corrected chi connectivity index (χ3v) is 3.84. The Kier molecular flexibility index (Phi) is 3.63. The number of hydrogen-bond acceptors (Lipinski definition) is 5. The number of halogens is 1. The van der Waals surface area contributed by atoms with Gasteiger partial charge in [0, 0.05) is 18.3 Å². The zero-order chi connectivity index (χ0) is 15.0.